The van der Waals surface area contributed by atoms with Crippen LogP contribution in [-0.4, -0.2) is 13.0 Å². The molecule has 0 atom stereocenters. The molecule has 20 heavy (non-hydrogen) atoms. The maximum Gasteiger partial charge on any atom is 0.255 e. The highest BCUT2D eigenvalue weighted by atomic mass is 16.5. The van der Waals surface area contributed by atoms with Gasteiger partial charge in [-0.3, -0.25) is 4.79 Å². The zero-order valence-corrected chi connectivity index (χ0v) is 11.6. The van der Waals surface area contributed by atoms with Crippen LogP contribution in [0.3, 0.4) is 0 Å². The van der Waals surface area contributed by atoms with Gasteiger partial charge in [0.25, 0.3) is 5.91 Å². The minimum absolute atomic E-state index is 0.177. The molecule has 0 aliphatic rings. The van der Waals surface area contributed by atoms with Gasteiger partial charge in [-0.05, 0) is 36.2 Å². The van der Waals surface area contributed by atoms with E-state index in [0.717, 1.165) is 16.8 Å². The van der Waals surface area contributed by atoms with Crippen molar-refractivity contribution in [3.63, 3.8) is 0 Å². The second-order valence-corrected chi connectivity index (χ2v) is 4.50. The summed E-state index contributed by atoms with van der Waals surface area (Å²) in [4.78, 5) is 12.3. The molecule has 4 heteroatoms. The van der Waals surface area contributed by atoms with Crippen LogP contribution in [-0.2, 0) is 6.54 Å². The Balaban J connectivity index is 2.24. The van der Waals surface area contributed by atoms with Gasteiger partial charge in [-0.1, -0.05) is 24.3 Å². The van der Waals surface area contributed by atoms with Crippen molar-refractivity contribution in [2.75, 3.05) is 12.4 Å². The Labute approximate surface area is 118 Å². The van der Waals surface area contributed by atoms with Crippen LogP contribution in [0.1, 0.15) is 21.5 Å². The molecule has 0 radical (unpaired) electrons. The van der Waals surface area contributed by atoms with Gasteiger partial charge in [0.2, 0.25) is 0 Å². The third-order valence-corrected chi connectivity index (χ3v) is 3.16. The summed E-state index contributed by atoms with van der Waals surface area (Å²) in [5.74, 6) is 0.522. The lowest BCUT2D eigenvalue weighted by Gasteiger charge is -2.11. The van der Waals surface area contributed by atoms with Gasteiger partial charge in [-0.25, -0.2) is 0 Å². The van der Waals surface area contributed by atoms with E-state index in [4.69, 9.17) is 10.5 Å². The maximum absolute atomic E-state index is 12.3. The van der Waals surface area contributed by atoms with E-state index in [2.05, 4.69) is 5.32 Å². The zero-order chi connectivity index (χ0) is 14.5. The molecule has 104 valence electrons. The number of ether oxygens (including phenoxy) is 1. The number of hydrogen-bond donors (Lipinski definition) is 2. The standard InChI is InChI=1S/C16H18N2O2/c1-11-7-8-12(9-15(11)20-2)16(19)18-14-6-4-3-5-13(14)10-17/h3-9H,10,17H2,1-2H3,(H,18,19). The highest BCUT2D eigenvalue weighted by Crippen LogP contribution is 2.21. The fourth-order valence-electron chi connectivity index (χ4n) is 1.98. The van der Waals surface area contributed by atoms with Crippen LogP contribution < -0.4 is 15.8 Å². The summed E-state index contributed by atoms with van der Waals surface area (Å²) in [6, 6.07) is 12.9. The number of para-hydroxylation sites is 1. The van der Waals surface area contributed by atoms with Crippen molar-refractivity contribution in [2.24, 2.45) is 5.73 Å². The van der Waals surface area contributed by atoms with Crippen LogP contribution in [0.25, 0.3) is 0 Å². The number of anilines is 1. The Morgan fingerprint density at radius 2 is 2.00 bits per heavy atom. The average Bonchev–Trinajstić information content (AvgIpc) is 2.48. The summed E-state index contributed by atoms with van der Waals surface area (Å²) in [5, 5.41) is 2.87. The first-order valence-electron chi connectivity index (χ1n) is 6.39. The molecule has 1 amide bonds. The van der Waals surface area contributed by atoms with Gasteiger partial charge >= 0.3 is 0 Å². The summed E-state index contributed by atoms with van der Waals surface area (Å²) >= 11 is 0. The fourth-order valence-corrected chi connectivity index (χ4v) is 1.98. The molecule has 2 aromatic rings. The second kappa shape index (κ2) is 6.21. The van der Waals surface area contributed by atoms with Crippen LogP contribution in [0.15, 0.2) is 42.5 Å². The number of carbonyl (C=O) groups is 1. The molecular weight excluding hydrogens is 252 g/mol. The number of benzene rings is 2. The van der Waals surface area contributed by atoms with Crippen molar-refractivity contribution in [1.82, 2.24) is 0 Å². The van der Waals surface area contributed by atoms with Gasteiger partial charge in [0, 0.05) is 17.8 Å². The summed E-state index contributed by atoms with van der Waals surface area (Å²) in [6.45, 7) is 2.32. The minimum atomic E-state index is -0.177. The Morgan fingerprint density at radius 1 is 1.25 bits per heavy atom. The molecule has 2 rings (SSSR count). The maximum atomic E-state index is 12.3. The van der Waals surface area contributed by atoms with E-state index in [9.17, 15) is 4.79 Å². The number of nitrogens with two attached hydrogens (primary N) is 1. The Kier molecular flexibility index (Phi) is 4.38. The Hall–Kier alpha value is -2.33. The Bertz CT molecular complexity index is 624. The SMILES string of the molecule is COc1cc(C(=O)Nc2ccccc2CN)ccc1C. The van der Waals surface area contributed by atoms with Crippen molar-refractivity contribution >= 4 is 11.6 Å². The number of nitrogens with one attached hydrogen (secondary N) is 1. The topological polar surface area (TPSA) is 64.3 Å². The lowest BCUT2D eigenvalue weighted by molar-refractivity contribution is 0.102. The first kappa shape index (κ1) is 14.1. The minimum Gasteiger partial charge on any atom is -0.496 e. The molecule has 0 bridgehead atoms. The van der Waals surface area contributed by atoms with Crippen LogP contribution >= 0.6 is 0 Å². The lowest BCUT2D eigenvalue weighted by atomic mass is 10.1. The smallest absolute Gasteiger partial charge is 0.255 e. The third-order valence-electron chi connectivity index (χ3n) is 3.16. The van der Waals surface area contributed by atoms with E-state index in [1.807, 2.05) is 37.3 Å². The molecule has 0 saturated heterocycles. The van der Waals surface area contributed by atoms with Crippen LogP contribution in [0.2, 0.25) is 0 Å². The van der Waals surface area contributed by atoms with E-state index < -0.39 is 0 Å². The quantitative estimate of drug-likeness (QED) is 0.897. The molecule has 0 aliphatic carbocycles. The third kappa shape index (κ3) is 2.97. The van der Waals surface area contributed by atoms with E-state index in [1.165, 1.54) is 0 Å². The number of methoxy groups -OCH3 is 1. The molecule has 0 spiro atoms. The highest BCUT2D eigenvalue weighted by Gasteiger charge is 2.10. The monoisotopic (exact) mass is 270 g/mol. The first-order valence-corrected chi connectivity index (χ1v) is 6.39. The number of rotatable bonds is 4. The van der Waals surface area contributed by atoms with E-state index in [1.54, 1.807) is 19.2 Å². The predicted octanol–water partition coefficient (Wildman–Crippen LogP) is 2.71. The van der Waals surface area contributed by atoms with Crippen molar-refractivity contribution in [3.05, 3.63) is 59.2 Å². The fraction of sp³-hybridized carbons (Fsp3) is 0.188. The first-order chi connectivity index (χ1) is 9.65. The van der Waals surface area contributed by atoms with Crippen LogP contribution in [0, 0.1) is 6.92 Å². The van der Waals surface area contributed by atoms with E-state index in [0.29, 0.717) is 17.9 Å². The van der Waals surface area contributed by atoms with Gasteiger partial charge < -0.3 is 15.8 Å². The summed E-state index contributed by atoms with van der Waals surface area (Å²) in [7, 11) is 1.59. The predicted molar refractivity (Wildman–Crippen MR) is 80.0 cm³/mol. The van der Waals surface area contributed by atoms with Gasteiger partial charge in [0.15, 0.2) is 0 Å². The lowest BCUT2D eigenvalue weighted by Crippen LogP contribution is -2.14. The molecule has 0 unspecified atom stereocenters. The Morgan fingerprint density at radius 3 is 2.70 bits per heavy atom. The van der Waals surface area contributed by atoms with Crippen molar-refractivity contribution < 1.29 is 9.53 Å². The number of amides is 1. The molecular formula is C16H18N2O2. The molecule has 3 N–H and O–H groups in total. The zero-order valence-electron chi connectivity index (χ0n) is 11.6. The average molecular weight is 270 g/mol. The molecule has 0 heterocycles. The number of carbonyl (C=O) groups excluding carboxylic acids is 1. The van der Waals surface area contributed by atoms with Gasteiger partial charge in [-0.15, -0.1) is 0 Å². The summed E-state index contributed by atoms with van der Waals surface area (Å²) < 4.78 is 5.23. The van der Waals surface area contributed by atoms with Gasteiger partial charge in [-0.2, -0.15) is 0 Å². The number of hydrogen-bond acceptors (Lipinski definition) is 3. The molecule has 0 saturated carbocycles. The number of aryl methyl sites for hydroxylation is 1. The molecule has 4 nitrogen and oxygen atoms in total. The van der Waals surface area contributed by atoms with Crippen molar-refractivity contribution in [1.29, 1.82) is 0 Å². The van der Waals surface area contributed by atoms with Gasteiger partial charge in [0.05, 0.1) is 7.11 Å². The molecule has 2 aromatic carbocycles. The van der Waals surface area contributed by atoms with Gasteiger partial charge in [0.1, 0.15) is 5.75 Å². The van der Waals surface area contributed by atoms with Crippen LogP contribution in [0.5, 0.6) is 5.75 Å². The van der Waals surface area contributed by atoms with Crippen molar-refractivity contribution in [2.45, 2.75) is 13.5 Å². The van der Waals surface area contributed by atoms with E-state index in [-0.39, 0.29) is 5.91 Å². The molecule has 0 fully saturated rings. The second-order valence-electron chi connectivity index (χ2n) is 4.50. The normalized spacial score (nSPS) is 10.2. The summed E-state index contributed by atoms with van der Waals surface area (Å²) in [5.41, 5.74) is 8.84. The van der Waals surface area contributed by atoms with Crippen molar-refractivity contribution in [3.8, 4) is 5.75 Å². The largest absolute Gasteiger partial charge is 0.496 e. The van der Waals surface area contributed by atoms with Crippen LogP contribution in [0.4, 0.5) is 5.69 Å². The summed E-state index contributed by atoms with van der Waals surface area (Å²) in [6.07, 6.45) is 0. The van der Waals surface area contributed by atoms with E-state index >= 15 is 0 Å². The molecule has 0 aromatic heterocycles. The molecule has 0 aliphatic heterocycles. The highest BCUT2D eigenvalue weighted by molar-refractivity contribution is 6.05.